The van der Waals surface area contributed by atoms with Crippen LogP contribution < -0.4 is 5.32 Å². The maximum absolute atomic E-state index is 11.7. The Balaban J connectivity index is 1.64. The fourth-order valence-corrected chi connectivity index (χ4v) is 2.06. The second kappa shape index (κ2) is 8.58. The number of carbonyl (C=O) groups is 2. The summed E-state index contributed by atoms with van der Waals surface area (Å²) in [6.45, 7) is 0.192. The van der Waals surface area contributed by atoms with E-state index in [4.69, 9.17) is 4.74 Å². The summed E-state index contributed by atoms with van der Waals surface area (Å²) < 4.78 is 4.90. The highest BCUT2D eigenvalue weighted by Crippen LogP contribution is 2.11. The zero-order chi connectivity index (χ0) is 16.5. The summed E-state index contributed by atoms with van der Waals surface area (Å²) in [5.41, 5.74) is 1.43. The van der Waals surface area contributed by atoms with Gasteiger partial charge in [0, 0.05) is 6.54 Å². The third kappa shape index (κ3) is 5.82. The molecule has 0 aliphatic carbocycles. The molecule has 2 N–H and O–H groups in total. The number of nitrogens with one attached hydrogen (secondary N) is 1. The monoisotopic (exact) mass is 313 g/mol. The van der Waals surface area contributed by atoms with E-state index in [0.717, 1.165) is 12.8 Å². The lowest BCUT2D eigenvalue weighted by Gasteiger charge is -2.07. The molecule has 0 unspecified atom stereocenters. The lowest BCUT2D eigenvalue weighted by atomic mass is 10.1. The fraction of sp³-hybridized carbons (Fsp3) is 0.222. The summed E-state index contributed by atoms with van der Waals surface area (Å²) in [4.78, 5) is 23.3. The van der Waals surface area contributed by atoms with Gasteiger partial charge in [0.05, 0.1) is 5.56 Å². The summed E-state index contributed by atoms with van der Waals surface area (Å²) in [5, 5.41) is 12.0. The van der Waals surface area contributed by atoms with Crippen LogP contribution in [-0.4, -0.2) is 30.1 Å². The maximum atomic E-state index is 11.7. The number of esters is 1. The van der Waals surface area contributed by atoms with Crippen molar-refractivity contribution in [2.24, 2.45) is 0 Å². The van der Waals surface area contributed by atoms with Gasteiger partial charge in [0.25, 0.3) is 5.91 Å². The van der Waals surface area contributed by atoms with E-state index in [-0.39, 0.29) is 23.8 Å². The topological polar surface area (TPSA) is 75.6 Å². The summed E-state index contributed by atoms with van der Waals surface area (Å²) >= 11 is 0. The number of phenolic OH excluding ortho intramolecular Hbond substituents is 1. The number of rotatable bonds is 7. The van der Waals surface area contributed by atoms with Crippen LogP contribution in [0.1, 0.15) is 22.3 Å². The van der Waals surface area contributed by atoms with Crippen LogP contribution in [0.5, 0.6) is 5.75 Å². The van der Waals surface area contributed by atoms with Crippen molar-refractivity contribution in [1.29, 1.82) is 0 Å². The van der Waals surface area contributed by atoms with E-state index >= 15 is 0 Å². The Morgan fingerprint density at radius 3 is 2.57 bits per heavy atom. The van der Waals surface area contributed by atoms with Crippen LogP contribution in [0, 0.1) is 0 Å². The molecule has 2 aromatic carbocycles. The van der Waals surface area contributed by atoms with Gasteiger partial charge in [0.2, 0.25) is 0 Å². The molecule has 23 heavy (non-hydrogen) atoms. The van der Waals surface area contributed by atoms with Gasteiger partial charge in [-0.15, -0.1) is 0 Å². The molecule has 1 amide bonds. The Morgan fingerprint density at radius 2 is 1.83 bits per heavy atom. The highest BCUT2D eigenvalue weighted by atomic mass is 16.5. The lowest BCUT2D eigenvalue weighted by Crippen LogP contribution is -2.29. The smallest absolute Gasteiger partial charge is 0.338 e. The number of benzene rings is 2. The zero-order valence-electron chi connectivity index (χ0n) is 12.7. The zero-order valence-corrected chi connectivity index (χ0v) is 12.7. The molecular formula is C18H19NO4. The Kier molecular flexibility index (Phi) is 6.17. The molecule has 0 spiro atoms. The van der Waals surface area contributed by atoms with Crippen molar-refractivity contribution in [3.8, 4) is 5.75 Å². The molecule has 0 bridgehead atoms. The van der Waals surface area contributed by atoms with Gasteiger partial charge in [-0.05, 0) is 36.6 Å². The molecule has 0 heterocycles. The first-order valence-corrected chi connectivity index (χ1v) is 7.42. The summed E-state index contributed by atoms with van der Waals surface area (Å²) in [5.74, 6) is -1.00. The number of phenols is 1. The summed E-state index contributed by atoms with van der Waals surface area (Å²) in [6, 6.07) is 15.8. The average molecular weight is 313 g/mol. The largest absolute Gasteiger partial charge is 0.508 e. The summed E-state index contributed by atoms with van der Waals surface area (Å²) in [6.07, 6.45) is 1.69. The molecule has 0 fully saturated rings. The van der Waals surface area contributed by atoms with E-state index in [1.165, 1.54) is 29.8 Å². The third-order valence-electron chi connectivity index (χ3n) is 3.22. The molecule has 120 valence electrons. The van der Waals surface area contributed by atoms with Crippen LogP contribution in [0.2, 0.25) is 0 Å². The van der Waals surface area contributed by atoms with E-state index in [0.29, 0.717) is 6.54 Å². The molecule has 0 aliphatic rings. The second-order valence-corrected chi connectivity index (χ2v) is 5.07. The number of amides is 1. The van der Waals surface area contributed by atoms with Crippen LogP contribution in [-0.2, 0) is 16.0 Å². The molecule has 0 atom stereocenters. The first-order chi connectivity index (χ1) is 11.1. The molecule has 5 nitrogen and oxygen atoms in total. The van der Waals surface area contributed by atoms with Gasteiger partial charge in [0.1, 0.15) is 5.75 Å². The number of hydrogen-bond acceptors (Lipinski definition) is 4. The Bertz CT molecular complexity index is 655. The van der Waals surface area contributed by atoms with Gasteiger partial charge in [0.15, 0.2) is 6.61 Å². The first kappa shape index (κ1) is 16.5. The van der Waals surface area contributed by atoms with Crippen molar-refractivity contribution >= 4 is 11.9 Å². The fourth-order valence-electron chi connectivity index (χ4n) is 2.06. The Hall–Kier alpha value is -2.82. The van der Waals surface area contributed by atoms with E-state index in [2.05, 4.69) is 5.32 Å². The second-order valence-electron chi connectivity index (χ2n) is 5.07. The number of aromatic hydroxyl groups is 1. The first-order valence-electron chi connectivity index (χ1n) is 7.42. The van der Waals surface area contributed by atoms with Gasteiger partial charge in [-0.1, -0.05) is 36.4 Å². The molecule has 0 aliphatic heterocycles. The maximum Gasteiger partial charge on any atom is 0.338 e. The normalized spacial score (nSPS) is 10.1. The molecule has 5 heteroatoms. The predicted molar refractivity (Wildman–Crippen MR) is 86.2 cm³/mol. The Labute approximate surface area is 134 Å². The van der Waals surface area contributed by atoms with Gasteiger partial charge < -0.3 is 15.2 Å². The standard InChI is InChI=1S/C18H19NO4/c20-16-10-4-9-15(12-16)18(22)23-13-17(21)19-11-5-8-14-6-2-1-3-7-14/h1-4,6-7,9-10,12,20H,5,8,11,13H2,(H,19,21). The van der Waals surface area contributed by atoms with Crippen molar-refractivity contribution < 1.29 is 19.4 Å². The van der Waals surface area contributed by atoms with Crippen molar-refractivity contribution in [2.75, 3.05) is 13.2 Å². The highest BCUT2D eigenvalue weighted by Gasteiger charge is 2.10. The predicted octanol–water partition coefficient (Wildman–Crippen LogP) is 2.30. The van der Waals surface area contributed by atoms with Crippen LogP contribution in [0.25, 0.3) is 0 Å². The molecule has 2 aromatic rings. The van der Waals surface area contributed by atoms with Crippen molar-refractivity contribution in [3.05, 3.63) is 65.7 Å². The van der Waals surface area contributed by atoms with Gasteiger partial charge in [-0.3, -0.25) is 4.79 Å². The van der Waals surface area contributed by atoms with Crippen LogP contribution in [0.4, 0.5) is 0 Å². The van der Waals surface area contributed by atoms with Crippen molar-refractivity contribution in [2.45, 2.75) is 12.8 Å². The van der Waals surface area contributed by atoms with E-state index in [9.17, 15) is 14.7 Å². The van der Waals surface area contributed by atoms with Crippen LogP contribution in [0.15, 0.2) is 54.6 Å². The van der Waals surface area contributed by atoms with E-state index < -0.39 is 5.97 Å². The molecule has 0 aromatic heterocycles. The Morgan fingerprint density at radius 1 is 1.04 bits per heavy atom. The molecule has 0 saturated carbocycles. The van der Waals surface area contributed by atoms with Crippen molar-refractivity contribution in [3.63, 3.8) is 0 Å². The quantitative estimate of drug-likeness (QED) is 0.607. The van der Waals surface area contributed by atoms with Crippen LogP contribution >= 0.6 is 0 Å². The molecule has 0 radical (unpaired) electrons. The van der Waals surface area contributed by atoms with Gasteiger partial charge in [-0.25, -0.2) is 4.79 Å². The van der Waals surface area contributed by atoms with E-state index in [1.807, 2.05) is 30.3 Å². The highest BCUT2D eigenvalue weighted by molar-refractivity contribution is 5.91. The molecule has 0 saturated heterocycles. The minimum Gasteiger partial charge on any atom is -0.508 e. The third-order valence-corrected chi connectivity index (χ3v) is 3.22. The summed E-state index contributed by atoms with van der Waals surface area (Å²) in [7, 11) is 0. The number of hydrogen-bond donors (Lipinski definition) is 2. The molecule has 2 rings (SSSR count). The van der Waals surface area contributed by atoms with Gasteiger partial charge in [-0.2, -0.15) is 0 Å². The molecular weight excluding hydrogens is 294 g/mol. The van der Waals surface area contributed by atoms with E-state index in [1.54, 1.807) is 0 Å². The van der Waals surface area contributed by atoms with Crippen molar-refractivity contribution in [1.82, 2.24) is 5.32 Å². The minimum atomic E-state index is -0.639. The SMILES string of the molecule is O=C(COC(=O)c1cccc(O)c1)NCCCc1ccccc1. The van der Waals surface area contributed by atoms with Crippen LogP contribution in [0.3, 0.4) is 0 Å². The minimum absolute atomic E-state index is 0.0233. The van der Waals surface area contributed by atoms with Gasteiger partial charge >= 0.3 is 5.97 Å². The number of carbonyl (C=O) groups excluding carboxylic acids is 2. The number of ether oxygens (including phenoxy) is 1. The lowest BCUT2D eigenvalue weighted by molar-refractivity contribution is -0.124. The number of aryl methyl sites for hydroxylation is 1. The average Bonchev–Trinajstić information content (AvgIpc) is 2.57.